The number of benzene rings is 2. The zero-order chi connectivity index (χ0) is 22.5. The largest absolute Gasteiger partial charge is 0.493 e. The van der Waals surface area contributed by atoms with Crippen molar-refractivity contribution < 1.29 is 19.1 Å². The maximum atomic E-state index is 13.1. The van der Waals surface area contributed by atoms with E-state index in [1.54, 1.807) is 31.4 Å². The Labute approximate surface area is 188 Å². The minimum atomic E-state index is -0.189. The summed E-state index contributed by atoms with van der Waals surface area (Å²) in [4.78, 5) is 24.4. The molecule has 2 amide bonds. The summed E-state index contributed by atoms with van der Waals surface area (Å²) in [7, 11) is 1.64. The van der Waals surface area contributed by atoms with Gasteiger partial charge in [-0.15, -0.1) is 0 Å². The molecule has 0 unspecified atom stereocenters. The SMILES string of the molecule is COc1ccc(C2=NN(C(=O)c3cccc(NC(C)=O)c3)CCC2)cc1OC1CCCC1. The Hall–Kier alpha value is -3.35. The summed E-state index contributed by atoms with van der Waals surface area (Å²) < 4.78 is 11.7. The summed E-state index contributed by atoms with van der Waals surface area (Å²) >= 11 is 0. The van der Waals surface area contributed by atoms with Crippen molar-refractivity contribution in [2.75, 3.05) is 19.0 Å². The fourth-order valence-corrected chi connectivity index (χ4v) is 4.21. The Kier molecular flexibility index (Phi) is 6.73. The molecule has 0 saturated heterocycles. The van der Waals surface area contributed by atoms with Crippen LogP contribution in [0.2, 0.25) is 0 Å². The van der Waals surface area contributed by atoms with Crippen molar-refractivity contribution in [1.29, 1.82) is 0 Å². The zero-order valence-corrected chi connectivity index (χ0v) is 18.6. The molecule has 2 aromatic carbocycles. The van der Waals surface area contributed by atoms with Crippen LogP contribution >= 0.6 is 0 Å². The molecular weight excluding hydrogens is 406 g/mol. The second-order valence-electron chi connectivity index (χ2n) is 8.23. The summed E-state index contributed by atoms with van der Waals surface area (Å²) in [6, 6.07) is 12.8. The van der Waals surface area contributed by atoms with E-state index in [0.717, 1.165) is 42.7 Å². The first-order valence-electron chi connectivity index (χ1n) is 11.2. The molecule has 1 saturated carbocycles. The average molecular weight is 436 g/mol. The molecular formula is C25H29N3O4. The van der Waals surface area contributed by atoms with Crippen molar-refractivity contribution in [2.45, 2.75) is 51.6 Å². The van der Waals surface area contributed by atoms with Crippen LogP contribution in [-0.4, -0.2) is 42.3 Å². The lowest BCUT2D eigenvalue weighted by Crippen LogP contribution is -2.32. The fraction of sp³-hybridized carbons (Fsp3) is 0.400. The highest BCUT2D eigenvalue weighted by Crippen LogP contribution is 2.33. The molecule has 1 aliphatic carbocycles. The number of anilines is 1. The van der Waals surface area contributed by atoms with Gasteiger partial charge in [-0.05, 0) is 74.9 Å². The van der Waals surface area contributed by atoms with Crippen molar-refractivity contribution in [3.63, 3.8) is 0 Å². The number of nitrogens with one attached hydrogen (secondary N) is 1. The van der Waals surface area contributed by atoms with Gasteiger partial charge in [0, 0.05) is 30.3 Å². The van der Waals surface area contributed by atoms with Crippen molar-refractivity contribution in [1.82, 2.24) is 5.01 Å². The van der Waals surface area contributed by atoms with Gasteiger partial charge in [0.25, 0.3) is 5.91 Å². The van der Waals surface area contributed by atoms with Gasteiger partial charge in [-0.3, -0.25) is 9.59 Å². The molecule has 7 nitrogen and oxygen atoms in total. The lowest BCUT2D eigenvalue weighted by molar-refractivity contribution is -0.114. The van der Waals surface area contributed by atoms with Crippen LogP contribution in [0.25, 0.3) is 0 Å². The van der Waals surface area contributed by atoms with E-state index in [4.69, 9.17) is 9.47 Å². The third-order valence-corrected chi connectivity index (χ3v) is 5.78. The standard InChI is InChI=1S/C25H29N3O4/c1-17(29)26-20-8-5-7-19(15-20)25(30)28-14-6-11-22(27-28)18-12-13-23(31-2)24(16-18)32-21-9-3-4-10-21/h5,7-8,12-13,15-16,21H,3-4,6,9-11,14H2,1-2H3,(H,26,29). The predicted octanol–water partition coefficient (Wildman–Crippen LogP) is 4.62. The van der Waals surface area contributed by atoms with Gasteiger partial charge in [0.15, 0.2) is 11.5 Å². The van der Waals surface area contributed by atoms with E-state index in [1.807, 2.05) is 18.2 Å². The molecule has 2 aromatic rings. The number of hydrazone groups is 1. The Morgan fingerprint density at radius 1 is 1.06 bits per heavy atom. The molecule has 7 heteroatoms. The van der Waals surface area contributed by atoms with E-state index in [2.05, 4.69) is 10.4 Å². The minimum Gasteiger partial charge on any atom is -0.493 e. The summed E-state index contributed by atoms with van der Waals surface area (Å²) in [6.07, 6.45) is 6.34. The van der Waals surface area contributed by atoms with Gasteiger partial charge < -0.3 is 14.8 Å². The molecule has 32 heavy (non-hydrogen) atoms. The van der Waals surface area contributed by atoms with Crippen molar-refractivity contribution >= 4 is 23.2 Å². The summed E-state index contributed by atoms with van der Waals surface area (Å²) in [6.45, 7) is 1.99. The monoisotopic (exact) mass is 435 g/mol. The number of carbonyl (C=O) groups is 2. The lowest BCUT2D eigenvalue weighted by atomic mass is 10.0. The van der Waals surface area contributed by atoms with Crippen LogP contribution in [0, 0.1) is 0 Å². The third kappa shape index (κ3) is 5.10. The van der Waals surface area contributed by atoms with Crippen LogP contribution in [0.5, 0.6) is 11.5 Å². The number of amides is 2. The molecule has 0 spiro atoms. The minimum absolute atomic E-state index is 0.178. The van der Waals surface area contributed by atoms with Crippen molar-refractivity contribution in [3.8, 4) is 11.5 Å². The van der Waals surface area contributed by atoms with E-state index in [9.17, 15) is 9.59 Å². The van der Waals surface area contributed by atoms with Crippen LogP contribution in [0.1, 0.15) is 61.4 Å². The second kappa shape index (κ2) is 9.85. The number of carbonyl (C=O) groups excluding carboxylic acids is 2. The number of rotatable bonds is 6. The quantitative estimate of drug-likeness (QED) is 0.718. The van der Waals surface area contributed by atoms with Crippen LogP contribution < -0.4 is 14.8 Å². The molecule has 1 N–H and O–H groups in total. The van der Waals surface area contributed by atoms with E-state index in [-0.39, 0.29) is 17.9 Å². The first-order chi connectivity index (χ1) is 15.5. The third-order valence-electron chi connectivity index (χ3n) is 5.78. The molecule has 4 rings (SSSR count). The van der Waals surface area contributed by atoms with Gasteiger partial charge in [-0.25, -0.2) is 5.01 Å². The van der Waals surface area contributed by atoms with Gasteiger partial charge >= 0.3 is 0 Å². The maximum Gasteiger partial charge on any atom is 0.274 e. The summed E-state index contributed by atoms with van der Waals surface area (Å²) in [5, 5.41) is 8.88. The van der Waals surface area contributed by atoms with Gasteiger partial charge in [0.2, 0.25) is 5.91 Å². The number of hydrogen-bond donors (Lipinski definition) is 1. The molecule has 1 heterocycles. The van der Waals surface area contributed by atoms with E-state index >= 15 is 0 Å². The second-order valence-corrected chi connectivity index (χ2v) is 8.23. The van der Waals surface area contributed by atoms with Crippen molar-refractivity contribution in [3.05, 3.63) is 53.6 Å². The lowest BCUT2D eigenvalue weighted by Gasteiger charge is -2.24. The highest BCUT2D eigenvalue weighted by atomic mass is 16.5. The average Bonchev–Trinajstić information content (AvgIpc) is 3.31. The molecule has 1 aliphatic heterocycles. The summed E-state index contributed by atoms with van der Waals surface area (Å²) in [5.74, 6) is 1.07. The zero-order valence-electron chi connectivity index (χ0n) is 18.6. The Bertz CT molecular complexity index is 1030. The Morgan fingerprint density at radius 3 is 2.62 bits per heavy atom. The highest BCUT2D eigenvalue weighted by Gasteiger charge is 2.23. The van der Waals surface area contributed by atoms with Crippen molar-refractivity contribution in [2.24, 2.45) is 5.10 Å². The topological polar surface area (TPSA) is 80.2 Å². The molecule has 0 radical (unpaired) electrons. The normalized spacial score (nSPS) is 16.4. The van der Waals surface area contributed by atoms with Gasteiger partial charge in [0.05, 0.1) is 18.9 Å². The molecule has 0 aromatic heterocycles. The van der Waals surface area contributed by atoms with Crippen LogP contribution in [0.15, 0.2) is 47.6 Å². The Morgan fingerprint density at radius 2 is 1.88 bits per heavy atom. The van der Waals surface area contributed by atoms with Crippen LogP contribution in [0.4, 0.5) is 5.69 Å². The van der Waals surface area contributed by atoms with Gasteiger partial charge in [-0.2, -0.15) is 5.10 Å². The number of ether oxygens (including phenoxy) is 2. The molecule has 0 atom stereocenters. The smallest absolute Gasteiger partial charge is 0.274 e. The van der Waals surface area contributed by atoms with E-state index < -0.39 is 0 Å². The van der Waals surface area contributed by atoms with Gasteiger partial charge in [0.1, 0.15) is 0 Å². The van der Waals surface area contributed by atoms with Gasteiger partial charge in [-0.1, -0.05) is 6.07 Å². The Balaban J connectivity index is 1.56. The summed E-state index contributed by atoms with van der Waals surface area (Å²) in [5.41, 5.74) is 2.86. The van der Waals surface area contributed by atoms with Crippen LogP contribution in [-0.2, 0) is 4.79 Å². The first kappa shape index (κ1) is 21.9. The maximum absolute atomic E-state index is 13.1. The fourth-order valence-electron chi connectivity index (χ4n) is 4.21. The highest BCUT2D eigenvalue weighted by molar-refractivity contribution is 6.03. The molecule has 168 valence electrons. The van der Waals surface area contributed by atoms with E-state index in [1.165, 1.54) is 24.8 Å². The predicted molar refractivity (Wildman–Crippen MR) is 123 cm³/mol. The number of hydrogen-bond acceptors (Lipinski definition) is 5. The first-order valence-corrected chi connectivity index (χ1v) is 11.2. The number of methoxy groups -OCH3 is 1. The molecule has 2 aliphatic rings. The van der Waals surface area contributed by atoms with Crippen LogP contribution in [0.3, 0.4) is 0 Å². The molecule has 1 fully saturated rings. The molecule has 0 bridgehead atoms. The number of nitrogens with zero attached hydrogens (tertiary/aromatic N) is 2. The van der Waals surface area contributed by atoms with E-state index in [0.29, 0.717) is 23.5 Å².